The van der Waals surface area contributed by atoms with Crippen molar-refractivity contribution < 1.29 is 9.53 Å². The van der Waals surface area contributed by atoms with Crippen LogP contribution in [0.15, 0.2) is 71.9 Å². The number of carbonyl (C=O) groups excluding carboxylic acids is 1. The summed E-state index contributed by atoms with van der Waals surface area (Å²) in [6.45, 7) is 0.633. The highest BCUT2D eigenvalue weighted by molar-refractivity contribution is 5.76. The van der Waals surface area contributed by atoms with Crippen LogP contribution in [0.2, 0.25) is 0 Å². The van der Waals surface area contributed by atoms with Gasteiger partial charge in [0.1, 0.15) is 11.1 Å². The summed E-state index contributed by atoms with van der Waals surface area (Å²) in [7, 11) is 1.60. The fourth-order valence-electron chi connectivity index (χ4n) is 3.16. The molecule has 0 saturated carbocycles. The van der Waals surface area contributed by atoms with E-state index in [0.29, 0.717) is 17.6 Å². The summed E-state index contributed by atoms with van der Waals surface area (Å²) < 4.78 is 8.24. The fraction of sp³-hybridized carbons (Fsp3) is 0.182. The second-order valence-corrected chi connectivity index (χ2v) is 6.75. The van der Waals surface area contributed by atoms with E-state index in [1.807, 2.05) is 54.6 Å². The number of aryl methyl sites for hydroxylation is 1. The van der Waals surface area contributed by atoms with E-state index in [1.54, 1.807) is 11.8 Å². The molecule has 1 amide bonds. The van der Waals surface area contributed by atoms with Crippen LogP contribution in [0.1, 0.15) is 12.0 Å². The molecule has 0 spiro atoms. The Balaban J connectivity index is 1.42. The molecule has 0 fully saturated rings. The average Bonchev–Trinajstić information content (AvgIpc) is 3.23. The molecule has 2 heterocycles. The minimum Gasteiger partial charge on any atom is -0.497 e. The first kappa shape index (κ1) is 19.4. The van der Waals surface area contributed by atoms with Crippen LogP contribution in [-0.4, -0.2) is 32.3 Å². The summed E-state index contributed by atoms with van der Waals surface area (Å²) >= 11 is 0. The number of carbonyl (C=O) groups is 1. The highest BCUT2D eigenvalue weighted by Gasteiger charge is 2.12. The lowest BCUT2D eigenvalue weighted by Gasteiger charge is -2.08. The van der Waals surface area contributed by atoms with Crippen LogP contribution in [0.25, 0.3) is 16.7 Å². The maximum Gasteiger partial charge on any atom is 0.264 e. The average molecular weight is 403 g/mol. The second-order valence-electron chi connectivity index (χ2n) is 6.75. The lowest BCUT2D eigenvalue weighted by molar-refractivity contribution is -0.121. The van der Waals surface area contributed by atoms with Crippen molar-refractivity contribution in [3.63, 3.8) is 0 Å². The van der Waals surface area contributed by atoms with E-state index in [1.165, 1.54) is 17.1 Å². The van der Waals surface area contributed by atoms with Gasteiger partial charge in [-0.2, -0.15) is 5.10 Å². The summed E-state index contributed by atoms with van der Waals surface area (Å²) in [6.07, 6.45) is 3.14. The molecule has 8 nitrogen and oxygen atoms in total. The third-order valence-corrected chi connectivity index (χ3v) is 4.76. The van der Waals surface area contributed by atoms with E-state index in [0.717, 1.165) is 17.0 Å². The van der Waals surface area contributed by atoms with Crippen molar-refractivity contribution in [2.45, 2.75) is 19.5 Å². The van der Waals surface area contributed by atoms with Gasteiger partial charge in [-0.05, 0) is 29.8 Å². The van der Waals surface area contributed by atoms with Gasteiger partial charge in [-0.25, -0.2) is 9.67 Å². The predicted octanol–water partition coefficient (Wildman–Crippen LogP) is 2.30. The zero-order chi connectivity index (χ0) is 20.9. The molecule has 0 aliphatic rings. The van der Waals surface area contributed by atoms with Crippen LogP contribution < -0.4 is 15.6 Å². The molecule has 0 radical (unpaired) electrons. The number of hydrogen-bond donors (Lipinski definition) is 1. The van der Waals surface area contributed by atoms with E-state index < -0.39 is 0 Å². The van der Waals surface area contributed by atoms with Crippen LogP contribution in [0.5, 0.6) is 5.75 Å². The number of para-hydroxylation sites is 1. The monoisotopic (exact) mass is 403 g/mol. The Hall–Kier alpha value is -3.94. The SMILES string of the molecule is COc1cccc(CNC(=O)CCn2cnc3c(cnn3-c3ccccc3)c2=O)c1. The molecule has 0 bridgehead atoms. The van der Waals surface area contributed by atoms with Gasteiger partial charge >= 0.3 is 0 Å². The van der Waals surface area contributed by atoms with Gasteiger partial charge in [0.05, 0.1) is 25.3 Å². The van der Waals surface area contributed by atoms with Crippen molar-refractivity contribution >= 4 is 16.9 Å². The lowest BCUT2D eigenvalue weighted by Crippen LogP contribution is -2.27. The van der Waals surface area contributed by atoms with E-state index >= 15 is 0 Å². The van der Waals surface area contributed by atoms with Crippen LogP contribution in [0.3, 0.4) is 0 Å². The predicted molar refractivity (Wildman–Crippen MR) is 113 cm³/mol. The molecule has 30 heavy (non-hydrogen) atoms. The van der Waals surface area contributed by atoms with Gasteiger partial charge in [0.2, 0.25) is 5.91 Å². The maximum atomic E-state index is 12.8. The fourth-order valence-corrected chi connectivity index (χ4v) is 3.16. The van der Waals surface area contributed by atoms with Crippen molar-refractivity contribution in [3.8, 4) is 11.4 Å². The van der Waals surface area contributed by atoms with Crippen LogP contribution in [-0.2, 0) is 17.9 Å². The van der Waals surface area contributed by atoms with E-state index in [-0.39, 0.29) is 24.4 Å². The number of rotatable bonds is 7. The van der Waals surface area contributed by atoms with E-state index in [9.17, 15) is 9.59 Å². The van der Waals surface area contributed by atoms with Gasteiger partial charge in [-0.3, -0.25) is 14.2 Å². The highest BCUT2D eigenvalue weighted by atomic mass is 16.5. The number of fused-ring (bicyclic) bond motifs is 1. The Labute approximate surface area is 172 Å². The Bertz CT molecular complexity index is 1230. The Kier molecular flexibility index (Phi) is 5.56. The van der Waals surface area contributed by atoms with Crippen molar-refractivity contribution in [2.75, 3.05) is 7.11 Å². The molecular formula is C22H21N5O3. The molecule has 1 N–H and O–H groups in total. The quantitative estimate of drug-likeness (QED) is 0.511. The minimum atomic E-state index is -0.220. The van der Waals surface area contributed by atoms with Crippen molar-refractivity contribution in [3.05, 3.63) is 83.0 Å². The summed E-state index contributed by atoms with van der Waals surface area (Å²) in [5, 5.41) is 7.56. The number of hydrogen-bond acceptors (Lipinski definition) is 5. The van der Waals surface area contributed by atoms with Crippen molar-refractivity contribution in [1.82, 2.24) is 24.6 Å². The third kappa shape index (κ3) is 4.07. The molecule has 0 aliphatic heterocycles. The molecule has 0 aliphatic carbocycles. The maximum absolute atomic E-state index is 12.8. The number of benzene rings is 2. The van der Waals surface area contributed by atoms with Gasteiger partial charge < -0.3 is 10.1 Å². The molecule has 2 aromatic carbocycles. The van der Waals surface area contributed by atoms with Crippen LogP contribution in [0.4, 0.5) is 0 Å². The van der Waals surface area contributed by atoms with Crippen molar-refractivity contribution in [2.24, 2.45) is 0 Å². The summed E-state index contributed by atoms with van der Waals surface area (Å²) in [6, 6.07) is 17.0. The first-order valence-corrected chi connectivity index (χ1v) is 9.54. The number of nitrogens with one attached hydrogen (secondary N) is 1. The number of ether oxygens (including phenoxy) is 1. The molecule has 0 saturated heterocycles. The highest BCUT2D eigenvalue weighted by Crippen LogP contribution is 2.13. The third-order valence-electron chi connectivity index (χ3n) is 4.76. The minimum absolute atomic E-state index is 0.148. The van der Waals surface area contributed by atoms with Gasteiger partial charge in [-0.1, -0.05) is 30.3 Å². The Morgan fingerprint density at radius 2 is 1.97 bits per heavy atom. The summed E-state index contributed by atoms with van der Waals surface area (Å²) in [5.41, 5.74) is 2.04. The molecule has 4 aromatic rings. The number of methoxy groups -OCH3 is 1. The Morgan fingerprint density at radius 3 is 2.77 bits per heavy atom. The van der Waals surface area contributed by atoms with Gasteiger partial charge in [-0.15, -0.1) is 0 Å². The zero-order valence-corrected chi connectivity index (χ0v) is 16.5. The number of nitrogens with zero attached hydrogens (tertiary/aromatic N) is 4. The molecule has 152 valence electrons. The topological polar surface area (TPSA) is 91.0 Å². The normalized spacial score (nSPS) is 10.8. The van der Waals surface area contributed by atoms with Gasteiger partial charge in [0, 0.05) is 19.5 Å². The number of aromatic nitrogens is 4. The van der Waals surface area contributed by atoms with Gasteiger partial charge in [0.25, 0.3) is 5.56 Å². The first-order valence-electron chi connectivity index (χ1n) is 9.54. The van der Waals surface area contributed by atoms with Crippen LogP contribution >= 0.6 is 0 Å². The molecular weight excluding hydrogens is 382 g/mol. The number of amides is 1. The van der Waals surface area contributed by atoms with Crippen LogP contribution in [0, 0.1) is 0 Å². The molecule has 8 heteroatoms. The molecule has 0 unspecified atom stereocenters. The standard InChI is InChI=1S/C22H21N5O3/c1-30-18-9-5-6-16(12-18)13-23-20(28)10-11-26-15-24-21-19(22(26)29)14-25-27(21)17-7-3-2-4-8-17/h2-9,12,14-15H,10-11,13H2,1H3,(H,23,28). The molecule has 2 aromatic heterocycles. The van der Waals surface area contributed by atoms with Gasteiger partial charge in [0.15, 0.2) is 5.65 Å². The zero-order valence-electron chi connectivity index (χ0n) is 16.5. The smallest absolute Gasteiger partial charge is 0.264 e. The van der Waals surface area contributed by atoms with E-state index in [4.69, 9.17) is 4.74 Å². The summed E-state index contributed by atoms with van der Waals surface area (Å²) in [5.74, 6) is 0.591. The van der Waals surface area contributed by atoms with Crippen molar-refractivity contribution in [1.29, 1.82) is 0 Å². The second kappa shape index (κ2) is 8.60. The largest absolute Gasteiger partial charge is 0.497 e. The molecule has 4 rings (SSSR count). The molecule has 0 atom stereocenters. The summed E-state index contributed by atoms with van der Waals surface area (Å²) in [4.78, 5) is 29.4. The lowest BCUT2D eigenvalue weighted by atomic mass is 10.2. The first-order chi connectivity index (χ1) is 14.7. The Morgan fingerprint density at radius 1 is 1.13 bits per heavy atom. The van der Waals surface area contributed by atoms with E-state index in [2.05, 4.69) is 15.4 Å².